The number of ketones is 1. The molecule has 5 nitrogen and oxygen atoms in total. The first kappa shape index (κ1) is 24.2. The standard InChI is InChI=1S/C32H34O5/c1-31-17-16-22(33)18-21(31)10-13-25-26-14-15-28(32(26,2)19-27(34)29(25)31)37-30(35)20-8-11-24(12-9-20)36-23-6-4-3-5-7-23/h3-9,11-12,16-18,25-29,34H,10,13-15,19H2,1-2H3/t25-,26-,27?,28?,29+,31-,32-/m0/s1. The fraction of sp³-hybridized carbons (Fsp3) is 0.438. The van der Waals surface area contributed by atoms with E-state index in [0.29, 0.717) is 29.6 Å². The van der Waals surface area contributed by atoms with Crippen LogP contribution in [0.3, 0.4) is 0 Å². The Balaban J connectivity index is 1.17. The van der Waals surface area contributed by atoms with Crippen molar-refractivity contribution in [3.05, 3.63) is 84.0 Å². The molecule has 2 aromatic carbocycles. The summed E-state index contributed by atoms with van der Waals surface area (Å²) in [6.07, 6.45) is 9.00. The summed E-state index contributed by atoms with van der Waals surface area (Å²) in [5.74, 6) is 1.93. The average Bonchev–Trinajstić information content (AvgIpc) is 3.20. The Morgan fingerprint density at radius 1 is 0.973 bits per heavy atom. The highest BCUT2D eigenvalue weighted by Gasteiger charge is 2.62. The molecule has 1 N–H and O–H groups in total. The zero-order valence-corrected chi connectivity index (χ0v) is 21.4. The third-order valence-corrected chi connectivity index (χ3v) is 9.72. The number of fused-ring (bicyclic) bond motifs is 5. The molecule has 7 atom stereocenters. The first-order chi connectivity index (χ1) is 17.8. The van der Waals surface area contributed by atoms with Crippen molar-refractivity contribution in [2.24, 2.45) is 28.6 Å². The van der Waals surface area contributed by atoms with Gasteiger partial charge in [0.2, 0.25) is 0 Å². The van der Waals surface area contributed by atoms with Crippen molar-refractivity contribution in [2.75, 3.05) is 0 Å². The molecule has 0 saturated heterocycles. The van der Waals surface area contributed by atoms with Gasteiger partial charge in [-0.1, -0.05) is 43.7 Å². The van der Waals surface area contributed by atoms with Gasteiger partial charge in [0, 0.05) is 16.7 Å². The largest absolute Gasteiger partial charge is 0.458 e. The summed E-state index contributed by atoms with van der Waals surface area (Å²) in [5.41, 5.74) is 1.11. The summed E-state index contributed by atoms with van der Waals surface area (Å²) in [5, 5.41) is 11.5. The van der Waals surface area contributed by atoms with Gasteiger partial charge in [0.05, 0.1) is 11.7 Å². The van der Waals surface area contributed by atoms with Crippen molar-refractivity contribution in [3.8, 4) is 11.5 Å². The molecule has 5 heteroatoms. The van der Waals surface area contributed by atoms with Gasteiger partial charge in [-0.3, -0.25) is 4.79 Å². The second kappa shape index (κ2) is 8.98. The van der Waals surface area contributed by atoms with E-state index in [1.54, 1.807) is 36.4 Å². The van der Waals surface area contributed by atoms with Crippen LogP contribution in [0.1, 0.15) is 56.3 Å². The smallest absolute Gasteiger partial charge is 0.338 e. The molecule has 6 rings (SSSR count). The van der Waals surface area contributed by atoms with Gasteiger partial charge in [-0.25, -0.2) is 4.79 Å². The molecule has 0 aromatic heterocycles. The summed E-state index contributed by atoms with van der Waals surface area (Å²) < 4.78 is 12.0. The average molecular weight is 499 g/mol. The number of carbonyl (C=O) groups excluding carboxylic acids is 2. The highest BCUT2D eigenvalue weighted by atomic mass is 16.5. The van der Waals surface area contributed by atoms with E-state index in [1.807, 2.05) is 36.4 Å². The third-order valence-electron chi connectivity index (χ3n) is 9.72. The third kappa shape index (κ3) is 4.04. The molecule has 0 heterocycles. The van der Waals surface area contributed by atoms with Crippen LogP contribution in [0, 0.1) is 28.6 Å². The van der Waals surface area contributed by atoms with Crippen LogP contribution in [0.25, 0.3) is 0 Å². The second-order valence-electron chi connectivity index (χ2n) is 11.7. The molecular weight excluding hydrogens is 464 g/mol. The van der Waals surface area contributed by atoms with E-state index in [1.165, 1.54) is 0 Å². The van der Waals surface area contributed by atoms with Crippen LogP contribution < -0.4 is 4.74 Å². The van der Waals surface area contributed by atoms with Gasteiger partial charge in [-0.2, -0.15) is 0 Å². The topological polar surface area (TPSA) is 72.8 Å². The molecule has 37 heavy (non-hydrogen) atoms. The van der Waals surface area contributed by atoms with Gasteiger partial charge in [0.15, 0.2) is 5.78 Å². The van der Waals surface area contributed by atoms with Crippen molar-refractivity contribution in [1.29, 1.82) is 0 Å². The van der Waals surface area contributed by atoms with Crippen molar-refractivity contribution in [2.45, 2.75) is 58.2 Å². The first-order valence-corrected chi connectivity index (χ1v) is 13.4. The SMILES string of the molecule is C[C@]12C=CC(=O)C=C1CC[C@@H]1[C@@H]2C(O)C[C@]2(C)C(OC(=O)c3ccc(Oc4ccccc4)cc3)CC[C@@H]12. The molecule has 2 aromatic rings. The zero-order chi connectivity index (χ0) is 25.8. The quantitative estimate of drug-likeness (QED) is 0.502. The summed E-state index contributed by atoms with van der Waals surface area (Å²) in [6.45, 7) is 4.38. The summed E-state index contributed by atoms with van der Waals surface area (Å²) in [4.78, 5) is 25.2. The molecule has 3 saturated carbocycles. The number of aliphatic hydroxyl groups excluding tert-OH is 1. The number of hydrogen-bond donors (Lipinski definition) is 1. The van der Waals surface area contributed by atoms with Crippen LogP contribution in [-0.2, 0) is 9.53 Å². The van der Waals surface area contributed by atoms with Crippen molar-refractivity contribution in [1.82, 2.24) is 0 Å². The van der Waals surface area contributed by atoms with E-state index in [-0.39, 0.29) is 34.6 Å². The van der Waals surface area contributed by atoms with Gasteiger partial charge in [-0.05, 0) is 92.5 Å². The van der Waals surface area contributed by atoms with Gasteiger partial charge in [-0.15, -0.1) is 0 Å². The summed E-state index contributed by atoms with van der Waals surface area (Å²) in [7, 11) is 0. The number of ether oxygens (including phenoxy) is 2. The molecule has 0 amide bonds. The number of hydrogen-bond acceptors (Lipinski definition) is 5. The number of para-hydroxylation sites is 1. The van der Waals surface area contributed by atoms with E-state index in [4.69, 9.17) is 9.47 Å². The predicted molar refractivity (Wildman–Crippen MR) is 140 cm³/mol. The Morgan fingerprint density at radius 2 is 1.70 bits per heavy atom. The molecule has 192 valence electrons. The molecule has 0 aliphatic heterocycles. The zero-order valence-electron chi connectivity index (χ0n) is 21.4. The van der Waals surface area contributed by atoms with Crippen LogP contribution in [0.15, 0.2) is 78.4 Å². The lowest BCUT2D eigenvalue weighted by Crippen LogP contribution is -2.56. The molecule has 3 fully saturated rings. The van der Waals surface area contributed by atoms with Gasteiger partial charge >= 0.3 is 5.97 Å². The minimum absolute atomic E-state index is 0.0496. The van der Waals surface area contributed by atoms with Gasteiger partial charge < -0.3 is 14.6 Å². The highest BCUT2D eigenvalue weighted by Crippen LogP contribution is 2.65. The maximum atomic E-state index is 13.1. The number of benzene rings is 2. The Labute approximate surface area is 218 Å². The lowest BCUT2D eigenvalue weighted by Gasteiger charge is -2.58. The molecule has 2 unspecified atom stereocenters. The number of rotatable bonds is 4. The predicted octanol–water partition coefficient (Wildman–Crippen LogP) is 6.28. The molecule has 0 bridgehead atoms. The van der Waals surface area contributed by atoms with Crippen molar-refractivity contribution < 1.29 is 24.2 Å². The van der Waals surface area contributed by atoms with Crippen molar-refractivity contribution in [3.63, 3.8) is 0 Å². The minimum atomic E-state index is -0.508. The lowest BCUT2D eigenvalue weighted by atomic mass is 9.47. The molecule has 4 aliphatic rings. The lowest BCUT2D eigenvalue weighted by molar-refractivity contribution is -0.131. The number of allylic oxidation sites excluding steroid dienone is 4. The van der Waals surface area contributed by atoms with Crippen LogP contribution >= 0.6 is 0 Å². The Hall–Kier alpha value is -3.18. The Kier molecular flexibility index (Phi) is 5.87. The van der Waals surface area contributed by atoms with E-state index >= 15 is 0 Å². The van der Waals surface area contributed by atoms with Gasteiger partial charge in [0.1, 0.15) is 17.6 Å². The van der Waals surface area contributed by atoms with Crippen LogP contribution in [0.4, 0.5) is 0 Å². The number of aliphatic hydroxyl groups is 1. The highest BCUT2D eigenvalue weighted by molar-refractivity contribution is 6.01. The molecule has 0 spiro atoms. The fourth-order valence-corrected chi connectivity index (χ4v) is 7.95. The second-order valence-corrected chi connectivity index (χ2v) is 11.7. The van der Waals surface area contributed by atoms with Crippen LogP contribution in [0.5, 0.6) is 11.5 Å². The number of esters is 1. The fourth-order valence-electron chi connectivity index (χ4n) is 7.95. The Morgan fingerprint density at radius 3 is 2.46 bits per heavy atom. The van der Waals surface area contributed by atoms with E-state index in [9.17, 15) is 14.7 Å². The maximum absolute atomic E-state index is 13.1. The summed E-state index contributed by atoms with van der Waals surface area (Å²) in [6, 6.07) is 16.6. The number of carbonyl (C=O) groups is 2. The monoisotopic (exact) mass is 498 g/mol. The Bertz CT molecular complexity index is 1260. The first-order valence-electron chi connectivity index (χ1n) is 13.4. The maximum Gasteiger partial charge on any atom is 0.338 e. The van der Waals surface area contributed by atoms with E-state index < -0.39 is 6.10 Å². The summed E-state index contributed by atoms with van der Waals surface area (Å²) >= 11 is 0. The van der Waals surface area contributed by atoms with E-state index in [0.717, 1.165) is 37.0 Å². The van der Waals surface area contributed by atoms with Crippen molar-refractivity contribution >= 4 is 11.8 Å². The van der Waals surface area contributed by atoms with E-state index in [2.05, 4.69) is 13.8 Å². The normalized spacial score (nSPS) is 36.1. The molecular formula is C32H34O5. The van der Waals surface area contributed by atoms with Crippen LogP contribution in [0.2, 0.25) is 0 Å². The van der Waals surface area contributed by atoms with Crippen LogP contribution in [-0.4, -0.2) is 29.1 Å². The molecule has 0 radical (unpaired) electrons. The van der Waals surface area contributed by atoms with Gasteiger partial charge in [0.25, 0.3) is 0 Å². The molecule has 4 aliphatic carbocycles. The minimum Gasteiger partial charge on any atom is -0.458 e.